The van der Waals surface area contributed by atoms with E-state index in [0.29, 0.717) is 25.4 Å². The Balaban J connectivity index is 1.73. The Kier molecular flexibility index (Phi) is 8.08. The van der Waals surface area contributed by atoms with Crippen molar-refractivity contribution in [3.05, 3.63) is 65.0 Å². The Bertz CT molecular complexity index is 858. The third kappa shape index (κ3) is 7.06. The summed E-state index contributed by atoms with van der Waals surface area (Å²) in [6.45, 7) is 9.02. The lowest BCUT2D eigenvalue weighted by molar-refractivity contribution is -0.133. The molecular weight excluding hydrogens is 391 g/mol. The predicted octanol–water partition coefficient (Wildman–Crippen LogP) is 5.18. The number of piperidine rings is 1. The molecular formula is C26H35FN2O2. The number of amides is 1. The molecule has 5 heteroatoms. The molecule has 0 saturated carbocycles. The number of ether oxygens (including phenoxy) is 1. The summed E-state index contributed by atoms with van der Waals surface area (Å²) in [7, 11) is 2.13. The van der Waals surface area contributed by atoms with Crippen molar-refractivity contribution in [3.63, 3.8) is 0 Å². The number of carbonyl (C=O) groups is 1. The summed E-state index contributed by atoms with van der Waals surface area (Å²) in [4.78, 5) is 17.5. The van der Waals surface area contributed by atoms with Crippen molar-refractivity contribution in [2.75, 3.05) is 20.1 Å². The van der Waals surface area contributed by atoms with Crippen molar-refractivity contribution in [2.45, 2.75) is 59.2 Å². The van der Waals surface area contributed by atoms with Gasteiger partial charge in [0, 0.05) is 19.5 Å². The van der Waals surface area contributed by atoms with Gasteiger partial charge in [-0.15, -0.1) is 0 Å². The van der Waals surface area contributed by atoms with Crippen LogP contribution in [0.4, 0.5) is 4.39 Å². The number of halogens is 1. The van der Waals surface area contributed by atoms with Gasteiger partial charge >= 0.3 is 0 Å². The number of benzene rings is 2. The number of hydrogen-bond donors (Lipinski definition) is 0. The smallest absolute Gasteiger partial charge is 0.223 e. The van der Waals surface area contributed by atoms with Crippen molar-refractivity contribution in [1.82, 2.24) is 9.80 Å². The zero-order valence-electron chi connectivity index (χ0n) is 19.2. The molecule has 0 unspecified atom stereocenters. The van der Waals surface area contributed by atoms with E-state index in [2.05, 4.69) is 11.9 Å². The topological polar surface area (TPSA) is 32.8 Å². The maximum absolute atomic E-state index is 13.6. The summed E-state index contributed by atoms with van der Waals surface area (Å²) in [5.41, 5.74) is 2.92. The third-order valence-electron chi connectivity index (χ3n) is 5.99. The van der Waals surface area contributed by atoms with Crippen molar-refractivity contribution >= 4 is 5.91 Å². The summed E-state index contributed by atoms with van der Waals surface area (Å²) < 4.78 is 19.3. The molecule has 2 aromatic rings. The van der Waals surface area contributed by atoms with E-state index >= 15 is 0 Å². The van der Waals surface area contributed by atoms with E-state index in [9.17, 15) is 9.18 Å². The van der Waals surface area contributed by atoms with Crippen LogP contribution in [0.2, 0.25) is 0 Å². The average molecular weight is 427 g/mol. The first kappa shape index (κ1) is 23.3. The molecule has 0 N–H and O–H groups in total. The van der Waals surface area contributed by atoms with Gasteiger partial charge in [-0.1, -0.05) is 18.2 Å². The fourth-order valence-electron chi connectivity index (χ4n) is 4.08. The molecule has 2 aromatic carbocycles. The minimum Gasteiger partial charge on any atom is -0.491 e. The van der Waals surface area contributed by atoms with E-state index in [1.54, 1.807) is 6.07 Å². The van der Waals surface area contributed by atoms with Gasteiger partial charge in [-0.05, 0) is 101 Å². The molecule has 1 aliphatic rings. The van der Waals surface area contributed by atoms with Crippen molar-refractivity contribution in [1.29, 1.82) is 0 Å². The van der Waals surface area contributed by atoms with Crippen LogP contribution < -0.4 is 4.74 Å². The fourth-order valence-corrected chi connectivity index (χ4v) is 4.08. The first-order chi connectivity index (χ1) is 14.8. The molecule has 1 heterocycles. The number of carbonyl (C=O) groups excluding carboxylic acids is 1. The van der Waals surface area contributed by atoms with E-state index in [0.717, 1.165) is 48.4 Å². The van der Waals surface area contributed by atoms with Crippen molar-refractivity contribution < 1.29 is 13.9 Å². The molecule has 1 aliphatic heterocycles. The van der Waals surface area contributed by atoms with Crippen LogP contribution in [-0.2, 0) is 17.9 Å². The lowest BCUT2D eigenvalue weighted by Crippen LogP contribution is -2.35. The molecule has 0 atom stereocenters. The normalized spacial score (nSPS) is 15.3. The van der Waals surface area contributed by atoms with Gasteiger partial charge in [0.05, 0.1) is 6.10 Å². The molecule has 0 aliphatic carbocycles. The molecule has 1 saturated heterocycles. The minimum absolute atomic E-state index is 0.125. The number of hydrogen-bond acceptors (Lipinski definition) is 3. The second kappa shape index (κ2) is 10.8. The van der Waals surface area contributed by atoms with Gasteiger partial charge < -0.3 is 14.5 Å². The van der Waals surface area contributed by atoms with Crippen LogP contribution >= 0.6 is 0 Å². The van der Waals surface area contributed by atoms with Crippen LogP contribution in [0.1, 0.15) is 49.8 Å². The fraction of sp³-hybridized carbons (Fsp3) is 0.500. The summed E-state index contributed by atoms with van der Waals surface area (Å²) >= 11 is 0. The number of aryl methyl sites for hydroxylation is 1. The van der Waals surface area contributed by atoms with Gasteiger partial charge in [-0.3, -0.25) is 4.79 Å². The number of likely N-dealkylation sites (tertiary alicyclic amines) is 1. The Hall–Kier alpha value is -2.40. The van der Waals surface area contributed by atoms with Gasteiger partial charge in [0.1, 0.15) is 11.6 Å². The number of rotatable bonds is 8. The molecule has 1 fully saturated rings. The highest BCUT2D eigenvalue weighted by Crippen LogP contribution is 2.23. The molecule has 0 bridgehead atoms. The lowest BCUT2D eigenvalue weighted by atomic mass is 9.93. The van der Waals surface area contributed by atoms with Crippen LogP contribution in [0.5, 0.6) is 5.75 Å². The maximum Gasteiger partial charge on any atom is 0.223 e. The monoisotopic (exact) mass is 426 g/mol. The highest BCUT2D eigenvalue weighted by atomic mass is 19.1. The Morgan fingerprint density at radius 3 is 2.42 bits per heavy atom. The Morgan fingerprint density at radius 1 is 1.13 bits per heavy atom. The van der Waals surface area contributed by atoms with Crippen molar-refractivity contribution in [2.24, 2.45) is 5.92 Å². The molecule has 0 spiro atoms. The van der Waals surface area contributed by atoms with Crippen LogP contribution in [0.3, 0.4) is 0 Å². The molecule has 4 nitrogen and oxygen atoms in total. The van der Waals surface area contributed by atoms with Gasteiger partial charge in [-0.2, -0.15) is 0 Å². The van der Waals surface area contributed by atoms with Crippen LogP contribution in [-0.4, -0.2) is 41.9 Å². The molecule has 0 aromatic heterocycles. The van der Waals surface area contributed by atoms with Crippen molar-refractivity contribution in [3.8, 4) is 5.75 Å². The summed E-state index contributed by atoms with van der Waals surface area (Å²) in [6.07, 6.45) is 2.82. The van der Waals surface area contributed by atoms with Crippen LogP contribution in [0, 0.1) is 18.7 Å². The largest absolute Gasteiger partial charge is 0.491 e. The third-order valence-corrected chi connectivity index (χ3v) is 5.99. The van der Waals surface area contributed by atoms with Gasteiger partial charge in [0.2, 0.25) is 5.91 Å². The first-order valence-electron chi connectivity index (χ1n) is 11.3. The van der Waals surface area contributed by atoms with Gasteiger partial charge in [-0.25, -0.2) is 4.39 Å². The first-order valence-corrected chi connectivity index (χ1v) is 11.3. The second-order valence-corrected chi connectivity index (χ2v) is 9.08. The summed E-state index contributed by atoms with van der Waals surface area (Å²) in [5.74, 6) is 1.19. The average Bonchev–Trinajstić information content (AvgIpc) is 2.72. The lowest BCUT2D eigenvalue weighted by Gasteiger charge is -2.31. The zero-order valence-corrected chi connectivity index (χ0v) is 19.2. The molecule has 1 amide bonds. The molecule has 31 heavy (non-hydrogen) atoms. The Morgan fingerprint density at radius 2 is 1.81 bits per heavy atom. The highest BCUT2D eigenvalue weighted by molar-refractivity contribution is 5.76. The van der Waals surface area contributed by atoms with Crippen LogP contribution in [0.15, 0.2) is 42.5 Å². The van der Waals surface area contributed by atoms with Crippen LogP contribution in [0.25, 0.3) is 0 Å². The SMILES string of the molecule is Cc1cc(F)ccc1CN(Cc1ccc(OC(C)C)cc1)C(=O)CC1CCN(C)CC1. The molecule has 168 valence electrons. The Labute approximate surface area is 186 Å². The molecule has 3 rings (SSSR count). The summed E-state index contributed by atoms with van der Waals surface area (Å²) in [5, 5.41) is 0. The van der Waals surface area contributed by atoms with E-state index in [1.165, 1.54) is 12.1 Å². The van der Waals surface area contributed by atoms with E-state index in [1.807, 2.05) is 49.9 Å². The second-order valence-electron chi connectivity index (χ2n) is 9.08. The zero-order chi connectivity index (χ0) is 22.4. The van der Waals surface area contributed by atoms with Gasteiger partial charge in [0.25, 0.3) is 0 Å². The standard InChI is InChI=1S/C26H35FN2O2/c1-19(2)31-25-9-5-22(6-10-25)17-29(18-23-7-8-24(27)15-20(23)3)26(30)16-21-11-13-28(4)14-12-21/h5-10,15,19,21H,11-14,16-18H2,1-4H3. The van der Waals surface area contributed by atoms with E-state index in [-0.39, 0.29) is 17.8 Å². The maximum atomic E-state index is 13.6. The van der Waals surface area contributed by atoms with E-state index < -0.39 is 0 Å². The van der Waals surface area contributed by atoms with E-state index in [4.69, 9.17) is 4.74 Å². The minimum atomic E-state index is -0.244. The number of nitrogens with zero attached hydrogens (tertiary/aromatic N) is 2. The van der Waals surface area contributed by atoms with Gasteiger partial charge in [0.15, 0.2) is 0 Å². The quantitative estimate of drug-likeness (QED) is 0.583. The summed E-state index contributed by atoms with van der Waals surface area (Å²) in [6, 6.07) is 12.7. The highest BCUT2D eigenvalue weighted by Gasteiger charge is 2.23. The predicted molar refractivity (Wildman–Crippen MR) is 122 cm³/mol. The molecule has 0 radical (unpaired) electrons.